The Kier molecular flexibility index (Phi) is 4.98. The van der Waals surface area contributed by atoms with Gasteiger partial charge in [0.05, 0.1) is 17.6 Å². The molecule has 3 atom stereocenters. The van der Waals surface area contributed by atoms with Crippen molar-refractivity contribution in [1.29, 1.82) is 0 Å². The Morgan fingerprint density at radius 2 is 1.83 bits per heavy atom. The van der Waals surface area contributed by atoms with Crippen LogP contribution in [-0.4, -0.2) is 49.0 Å². The predicted molar refractivity (Wildman–Crippen MR) is 117 cm³/mol. The second kappa shape index (κ2) is 7.80. The van der Waals surface area contributed by atoms with Crippen LogP contribution in [-0.2, 0) is 13.6 Å². The zero-order chi connectivity index (χ0) is 20.7. The molecule has 2 fully saturated rings. The Labute approximate surface area is 177 Å². The van der Waals surface area contributed by atoms with Crippen LogP contribution in [0.25, 0.3) is 11.4 Å². The highest BCUT2D eigenvalue weighted by Gasteiger charge is 2.41. The Morgan fingerprint density at radius 3 is 2.47 bits per heavy atom. The van der Waals surface area contributed by atoms with E-state index in [1.165, 1.54) is 37.2 Å². The maximum atomic E-state index is 4.57. The Balaban J connectivity index is 1.17. The molecule has 30 heavy (non-hydrogen) atoms. The van der Waals surface area contributed by atoms with Gasteiger partial charge in [0.1, 0.15) is 11.5 Å². The SMILES string of the molecule is Cc1cccnc1CN1C[C@H]2C[C@H](Nc3ccc(-c4c(C)cnn4C)nn3)C[C@H]2C1. The maximum absolute atomic E-state index is 4.57. The van der Waals surface area contributed by atoms with Crippen LogP contribution < -0.4 is 5.32 Å². The van der Waals surface area contributed by atoms with E-state index < -0.39 is 0 Å². The van der Waals surface area contributed by atoms with E-state index in [-0.39, 0.29) is 0 Å². The van der Waals surface area contributed by atoms with Crippen molar-refractivity contribution in [2.45, 2.75) is 39.3 Å². The molecule has 156 valence electrons. The van der Waals surface area contributed by atoms with Gasteiger partial charge in [-0.25, -0.2) is 0 Å². The second-order valence-corrected chi connectivity index (χ2v) is 8.90. The normalized spacial score (nSPS) is 23.6. The lowest BCUT2D eigenvalue weighted by molar-refractivity contribution is 0.297. The summed E-state index contributed by atoms with van der Waals surface area (Å²) in [5.41, 5.74) is 5.50. The molecule has 5 rings (SSSR count). The summed E-state index contributed by atoms with van der Waals surface area (Å²) in [4.78, 5) is 7.14. The lowest BCUT2D eigenvalue weighted by Crippen LogP contribution is -2.25. The predicted octanol–water partition coefficient (Wildman–Crippen LogP) is 3.21. The van der Waals surface area contributed by atoms with Crippen LogP contribution in [0.3, 0.4) is 0 Å². The average molecular weight is 404 g/mol. The van der Waals surface area contributed by atoms with Crippen molar-refractivity contribution < 1.29 is 0 Å². The number of rotatable bonds is 5. The van der Waals surface area contributed by atoms with Gasteiger partial charge in [-0.2, -0.15) is 5.10 Å². The standard InChI is InChI=1S/C23H29N7/c1-15-5-4-8-24-21(15)14-30-12-17-9-19(10-18(17)13-30)26-22-7-6-20(27-28-22)23-16(2)11-25-29(23)3/h4-8,11,17-19H,9-10,12-14H2,1-3H3,(H,26,28)/t17-,18+,19+. The van der Waals surface area contributed by atoms with Crippen LogP contribution in [0.5, 0.6) is 0 Å². The molecule has 1 aliphatic carbocycles. The minimum atomic E-state index is 0.484. The van der Waals surface area contributed by atoms with Gasteiger partial charge in [0, 0.05) is 38.9 Å². The molecule has 1 saturated carbocycles. The lowest BCUT2D eigenvalue weighted by Gasteiger charge is -2.20. The van der Waals surface area contributed by atoms with E-state index in [0.717, 1.165) is 41.1 Å². The van der Waals surface area contributed by atoms with E-state index in [9.17, 15) is 0 Å². The Hall–Kier alpha value is -2.80. The molecule has 0 amide bonds. The third-order valence-electron chi connectivity index (χ3n) is 6.70. The summed E-state index contributed by atoms with van der Waals surface area (Å²) in [5, 5.41) is 16.8. The first-order chi connectivity index (χ1) is 14.6. The van der Waals surface area contributed by atoms with Crippen molar-refractivity contribution in [3.8, 4) is 11.4 Å². The molecular formula is C23H29N7. The molecule has 0 radical (unpaired) electrons. The van der Waals surface area contributed by atoms with Crippen molar-refractivity contribution in [1.82, 2.24) is 29.9 Å². The number of likely N-dealkylation sites (tertiary alicyclic amines) is 1. The van der Waals surface area contributed by atoms with Crippen molar-refractivity contribution in [2.75, 3.05) is 18.4 Å². The first-order valence-corrected chi connectivity index (χ1v) is 10.8. The highest BCUT2D eigenvalue weighted by atomic mass is 15.3. The van der Waals surface area contributed by atoms with E-state index in [0.29, 0.717) is 6.04 Å². The van der Waals surface area contributed by atoms with E-state index >= 15 is 0 Å². The third-order valence-corrected chi connectivity index (χ3v) is 6.70. The highest BCUT2D eigenvalue weighted by Crippen LogP contribution is 2.39. The zero-order valence-corrected chi connectivity index (χ0v) is 17.9. The first-order valence-electron chi connectivity index (χ1n) is 10.8. The van der Waals surface area contributed by atoms with Gasteiger partial charge in [0.25, 0.3) is 0 Å². The molecule has 4 heterocycles. The lowest BCUT2D eigenvalue weighted by atomic mass is 10.0. The number of hydrogen-bond acceptors (Lipinski definition) is 6. The molecule has 0 bridgehead atoms. The number of nitrogens with one attached hydrogen (secondary N) is 1. The summed E-state index contributed by atoms with van der Waals surface area (Å²) < 4.78 is 1.85. The molecule has 7 nitrogen and oxygen atoms in total. The average Bonchev–Trinajstić information content (AvgIpc) is 3.37. The molecule has 0 unspecified atom stereocenters. The molecule has 0 spiro atoms. The number of aromatic nitrogens is 5. The van der Waals surface area contributed by atoms with Gasteiger partial charge in [-0.15, -0.1) is 10.2 Å². The Bertz CT molecular complexity index is 993. The monoisotopic (exact) mass is 403 g/mol. The molecule has 1 aliphatic heterocycles. The number of nitrogens with zero attached hydrogens (tertiary/aromatic N) is 6. The Morgan fingerprint density at radius 1 is 1.03 bits per heavy atom. The number of anilines is 1. The molecular weight excluding hydrogens is 374 g/mol. The number of pyridine rings is 1. The van der Waals surface area contributed by atoms with Crippen molar-refractivity contribution in [2.24, 2.45) is 18.9 Å². The number of aryl methyl sites for hydroxylation is 3. The highest BCUT2D eigenvalue weighted by molar-refractivity contribution is 5.59. The van der Waals surface area contributed by atoms with Gasteiger partial charge >= 0.3 is 0 Å². The summed E-state index contributed by atoms with van der Waals surface area (Å²) in [6.07, 6.45) is 6.17. The van der Waals surface area contributed by atoms with Crippen molar-refractivity contribution in [3.63, 3.8) is 0 Å². The van der Waals surface area contributed by atoms with Gasteiger partial charge in [-0.05, 0) is 67.9 Å². The summed E-state index contributed by atoms with van der Waals surface area (Å²) in [5.74, 6) is 2.39. The smallest absolute Gasteiger partial charge is 0.148 e. The number of hydrogen-bond donors (Lipinski definition) is 1. The van der Waals surface area contributed by atoms with Gasteiger partial charge in [0.2, 0.25) is 0 Å². The van der Waals surface area contributed by atoms with Crippen LogP contribution in [0.15, 0.2) is 36.7 Å². The molecule has 0 aromatic carbocycles. The summed E-state index contributed by atoms with van der Waals surface area (Å²) in [6.45, 7) is 7.51. The van der Waals surface area contributed by atoms with Gasteiger partial charge in [-0.1, -0.05) is 6.07 Å². The summed E-state index contributed by atoms with van der Waals surface area (Å²) >= 11 is 0. The maximum Gasteiger partial charge on any atom is 0.148 e. The van der Waals surface area contributed by atoms with E-state index in [1.54, 1.807) is 0 Å². The summed E-state index contributed by atoms with van der Waals surface area (Å²) in [6, 6.07) is 8.73. The van der Waals surface area contributed by atoms with Crippen LogP contribution in [0.1, 0.15) is 29.7 Å². The van der Waals surface area contributed by atoms with Crippen molar-refractivity contribution in [3.05, 3.63) is 53.5 Å². The summed E-state index contributed by atoms with van der Waals surface area (Å²) in [7, 11) is 1.94. The number of fused-ring (bicyclic) bond motifs is 1. The fourth-order valence-electron chi connectivity index (χ4n) is 5.20. The fraction of sp³-hybridized carbons (Fsp3) is 0.478. The van der Waals surface area contributed by atoms with Crippen LogP contribution in [0, 0.1) is 25.7 Å². The molecule has 1 saturated heterocycles. The zero-order valence-electron chi connectivity index (χ0n) is 17.9. The second-order valence-electron chi connectivity index (χ2n) is 8.90. The van der Waals surface area contributed by atoms with E-state index in [4.69, 9.17) is 0 Å². The molecule has 3 aromatic rings. The minimum Gasteiger partial charge on any atom is -0.366 e. The quantitative estimate of drug-likeness (QED) is 0.705. The largest absolute Gasteiger partial charge is 0.366 e. The van der Waals surface area contributed by atoms with E-state index in [2.05, 4.69) is 43.5 Å². The molecule has 3 aromatic heterocycles. The van der Waals surface area contributed by atoms with Crippen LogP contribution in [0.4, 0.5) is 5.82 Å². The van der Waals surface area contributed by atoms with Crippen LogP contribution in [0.2, 0.25) is 0 Å². The van der Waals surface area contributed by atoms with Gasteiger partial charge in [0.15, 0.2) is 0 Å². The molecule has 1 N–H and O–H groups in total. The third kappa shape index (κ3) is 3.69. The minimum absolute atomic E-state index is 0.484. The van der Waals surface area contributed by atoms with Crippen LogP contribution >= 0.6 is 0 Å². The molecule has 2 aliphatic rings. The first kappa shape index (κ1) is 19.2. The van der Waals surface area contributed by atoms with Gasteiger partial charge < -0.3 is 5.32 Å². The van der Waals surface area contributed by atoms with E-state index in [1.807, 2.05) is 49.2 Å². The van der Waals surface area contributed by atoms with Crippen molar-refractivity contribution >= 4 is 5.82 Å². The fourth-order valence-corrected chi connectivity index (χ4v) is 5.20. The topological polar surface area (TPSA) is 71.8 Å². The van der Waals surface area contributed by atoms with Gasteiger partial charge in [-0.3, -0.25) is 14.6 Å². The molecule has 7 heteroatoms.